The zero-order valence-electron chi connectivity index (χ0n) is 14.7. The summed E-state index contributed by atoms with van der Waals surface area (Å²) >= 11 is 0. The Balaban J connectivity index is 1.96. The maximum atomic E-state index is 12.7. The minimum atomic E-state index is -0.558. The average molecular weight is 347 g/mol. The third-order valence-corrected chi connectivity index (χ3v) is 4.35. The van der Waals surface area contributed by atoms with Crippen LogP contribution in [-0.2, 0) is 6.54 Å². The molecule has 0 saturated heterocycles. The summed E-state index contributed by atoms with van der Waals surface area (Å²) in [6, 6.07) is 11.4. The standard InChI is InChI=1S/C19H17N5O2/c1-12-13(2)22-23(19(26)16(12)9-20)11-18(25)17-10-21-24(14(17)3)15-7-5-4-6-8-15/h4-8,10H,11H2,1-3H3. The molecule has 0 fully saturated rings. The van der Waals surface area contributed by atoms with Crippen molar-refractivity contribution in [1.82, 2.24) is 19.6 Å². The van der Waals surface area contributed by atoms with E-state index in [1.807, 2.05) is 36.4 Å². The minimum absolute atomic E-state index is 0.0157. The van der Waals surface area contributed by atoms with Crippen LogP contribution in [0, 0.1) is 32.1 Å². The molecular formula is C19H17N5O2. The maximum Gasteiger partial charge on any atom is 0.285 e. The summed E-state index contributed by atoms with van der Waals surface area (Å²) in [5, 5.41) is 17.6. The molecule has 0 atom stereocenters. The van der Waals surface area contributed by atoms with Gasteiger partial charge in [-0.05, 0) is 38.5 Å². The summed E-state index contributed by atoms with van der Waals surface area (Å²) in [7, 11) is 0. The Morgan fingerprint density at radius 2 is 1.88 bits per heavy atom. The highest BCUT2D eigenvalue weighted by atomic mass is 16.1. The van der Waals surface area contributed by atoms with Gasteiger partial charge in [0.05, 0.1) is 28.8 Å². The predicted molar refractivity (Wildman–Crippen MR) is 95.3 cm³/mol. The number of nitrogens with zero attached hydrogens (tertiary/aromatic N) is 5. The molecule has 0 aliphatic heterocycles. The van der Waals surface area contributed by atoms with Crippen molar-refractivity contribution >= 4 is 5.78 Å². The van der Waals surface area contributed by atoms with Crippen LogP contribution in [0.25, 0.3) is 5.69 Å². The molecule has 3 aromatic rings. The lowest BCUT2D eigenvalue weighted by Gasteiger charge is -2.08. The van der Waals surface area contributed by atoms with Gasteiger partial charge in [-0.15, -0.1) is 0 Å². The fourth-order valence-electron chi connectivity index (χ4n) is 2.74. The highest BCUT2D eigenvalue weighted by molar-refractivity contribution is 5.96. The van der Waals surface area contributed by atoms with Gasteiger partial charge >= 0.3 is 0 Å². The molecule has 2 aromatic heterocycles. The predicted octanol–water partition coefficient (Wildman–Crippen LogP) is 2.11. The van der Waals surface area contributed by atoms with Crippen LogP contribution in [-0.4, -0.2) is 25.3 Å². The Kier molecular flexibility index (Phi) is 4.50. The molecule has 0 bridgehead atoms. The Morgan fingerprint density at radius 1 is 1.19 bits per heavy atom. The smallest absolute Gasteiger partial charge is 0.285 e. The second-order valence-corrected chi connectivity index (χ2v) is 5.97. The summed E-state index contributed by atoms with van der Waals surface area (Å²) in [6.45, 7) is 4.93. The van der Waals surface area contributed by atoms with Crippen molar-refractivity contribution in [3.63, 3.8) is 0 Å². The number of benzene rings is 1. The fraction of sp³-hybridized carbons (Fsp3) is 0.211. The molecule has 0 radical (unpaired) electrons. The highest BCUT2D eigenvalue weighted by Crippen LogP contribution is 2.15. The first-order valence-corrected chi connectivity index (χ1v) is 8.05. The summed E-state index contributed by atoms with van der Waals surface area (Å²) in [5.74, 6) is -0.286. The number of para-hydroxylation sites is 1. The van der Waals surface area contributed by atoms with E-state index in [9.17, 15) is 14.9 Å². The van der Waals surface area contributed by atoms with Gasteiger partial charge in [0.1, 0.15) is 18.2 Å². The Labute approximate surface area is 150 Å². The van der Waals surface area contributed by atoms with Crippen LogP contribution in [0.15, 0.2) is 41.3 Å². The van der Waals surface area contributed by atoms with E-state index in [2.05, 4.69) is 10.2 Å². The van der Waals surface area contributed by atoms with Crippen molar-refractivity contribution in [3.8, 4) is 11.8 Å². The van der Waals surface area contributed by atoms with Gasteiger partial charge in [-0.2, -0.15) is 15.5 Å². The van der Waals surface area contributed by atoms with Crippen molar-refractivity contribution in [2.75, 3.05) is 0 Å². The van der Waals surface area contributed by atoms with E-state index in [1.165, 1.54) is 6.20 Å². The molecular weight excluding hydrogens is 330 g/mol. The number of carbonyl (C=O) groups excluding carboxylic acids is 1. The molecule has 7 nitrogen and oxygen atoms in total. The largest absolute Gasteiger partial charge is 0.292 e. The molecule has 7 heteroatoms. The average Bonchev–Trinajstić information content (AvgIpc) is 3.02. The summed E-state index contributed by atoms with van der Waals surface area (Å²) in [4.78, 5) is 25.0. The quantitative estimate of drug-likeness (QED) is 0.674. The number of carbonyl (C=O) groups is 1. The van der Waals surface area contributed by atoms with Gasteiger partial charge in [0, 0.05) is 0 Å². The number of hydrogen-bond acceptors (Lipinski definition) is 5. The molecule has 0 spiro atoms. The van der Waals surface area contributed by atoms with Crippen molar-refractivity contribution in [3.05, 3.63) is 75.0 Å². The van der Waals surface area contributed by atoms with Crippen molar-refractivity contribution in [2.45, 2.75) is 27.3 Å². The number of ketones is 1. The number of aryl methyl sites for hydroxylation is 1. The lowest BCUT2D eigenvalue weighted by atomic mass is 10.1. The van der Waals surface area contributed by atoms with Gasteiger partial charge in [0.15, 0.2) is 5.78 Å². The molecule has 0 saturated carbocycles. The third kappa shape index (κ3) is 2.93. The SMILES string of the molecule is Cc1nn(CC(=O)c2cnn(-c3ccccc3)c2C)c(=O)c(C#N)c1C. The van der Waals surface area contributed by atoms with E-state index in [-0.39, 0.29) is 17.9 Å². The fourth-order valence-corrected chi connectivity index (χ4v) is 2.74. The molecule has 1 aromatic carbocycles. The number of nitriles is 1. The summed E-state index contributed by atoms with van der Waals surface area (Å²) < 4.78 is 2.72. The van der Waals surface area contributed by atoms with E-state index < -0.39 is 5.56 Å². The van der Waals surface area contributed by atoms with Crippen LogP contribution in [0.5, 0.6) is 0 Å². The number of hydrogen-bond donors (Lipinski definition) is 0. The number of Topliss-reactive ketones (excluding diaryl/α,β-unsaturated/α-hetero) is 1. The van der Waals surface area contributed by atoms with Gasteiger partial charge in [0.25, 0.3) is 5.56 Å². The molecule has 0 N–H and O–H groups in total. The molecule has 26 heavy (non-hydrogen) atoms. The first-order chi connectivity index (χ1) is 12.4. The van der Waals surface area contributed by atoms with Crippen LogP contribution in [0.2, 0.25) is 0 Å². The second-order valence-electron chi connectivity index (χ2n) is 5.97. The molecule has 0 unspecified atom stereocenters. The number of aromatic nitrogens is 4. The van der Waals surface area contributed by atoms with E-state index in [1.54, 1.807) is 25.5 Å². The first-order valence-electron chi connectivity index (χ1n) is 8.05. The highest BCUT2D eigenvalue weighted by Gasteiger charge is 2.18. The number of rotatable bonds is 4. The van der Waals surface area contributed by atoms with E-state index in [0.29, 0.717) is 22.5 Å². The minimum Gasteiger partial charge on any atom is -0.292 e. The molecule has 0 aliphatic rings. The molecule has 0 aliphatic carbocycles. The Hall–Kier alpha value is -3.53. The zero-order valence-corrected chi connectivity index (χ0v) is 14.7. The van der Waals surface area contributed by atoms with Gasteiger partial charge in [-0.25, -0.2) is 9.36 Å². The van der Waals surface area contributed by atoms with Crippen LogP contribution in [0.4, 0.5) is 0 Å². The van der Waals surface area contributed by atoms with Crippen LogP contribution < -0.4 is 5.56 Å². The molecule has 0 amide bonds. The molecule has 3 rings (SSSR count). The van der Waals surface area contributed by atoms with Crippen LogP contribution in [0.1, 0.15) is 32.9 Å². The van der Waals surface area contributed by atoms with Gasteiger partial charge < -0.3 is 0 Å². The van der Waals surface area contributed by atoms with Gasteiger partial charge in [-0.3, -0.25) is 9.59 Å². The summed E-state index contributed by atoms with van der Waals surface area (Å²) in [5.41, 5.74) is 2.48. The van der Waals surface area contributed by atoms with E-state index >= 15 is 0 Å². The second kappa shape index (κ2) is 6.76. The normalized spacial score (nSPS) is 10.5. The van der Waals surface area contributed by atoms with E-state index in [0.717, 1.165) is 10.4 Å². The van der Waals surface area contributed by atoms with Crippen molar-refractivity contribution < 1.29 is 4.79 Å². The van der Waals surface area contributed by atoms with E-state index in [4.69, 9.17) is 0 Å². The molecule has 2 heterocycles. The van der Waals surface area contributed by atoms with Crippen molar-refractivity contribution in [1.29, 1.82) is 5.26 Å². The van der Waals surface area contributed by atoms with Gasteiger partial charge in [-0.1, -0.05) is 18.2 Å². The van der Waals surface area contributed by atoms with Crippen LogP contribution >= 0.6 is 0 Å². The lowest BCUT2D eigenvalue weighted by molar-refractivity contribution is 0.0965. The van der Waals surface area contributed by atoms with Gasteiger partial charge in [0.2, 0.25) is 0 Å². The Bertz CT molecular complexity index is 1090. The summed E-state index contributed by atoms with van der Waals surface area (Å²) in [6.07, 6.45) is 1.49. The zero-order chi connectivity index (χ0) is 18.8. The monoisotopic (exact) mass is 347 g/mol. The third-order valence-electron chi connectivity index (χ3n) is 4.35. The Morgan fingerprint density at radius 3 is 2.54 bits per heavy atom. The maximum absolute atomic E-state index is 12.7. The molecule has 130 valence electrons. The van der Waals surface area contributed by atoms with Crippen LogP contribution in [0.3, 0.4) is 0 Å². The van der Waals surface area contributed by atoms with Crippen molar-refractivity contribution in [2.24, 2.45) is 0 Å². The topological polar surface area (TPSA) is 93.6 Å². The first kappa shape index (κ1) is 17.3. The lowest BCUT2D eigenvalue weighted by Crippen LogP contribution is -2.30.